The zero-order valence-corrected chi connectivity index (χ0v) is 22.8. The van der Waals surface area contributed by atoms with Gasteiger partial charge in [-0.3, -0.25) is 4.57 Å². The molecule has 1 atom stereocenters. The lowest BCUT2D eigenvalue weighted by molar-refractivity contribution is -0.389. The van der Waals surface area contributed by atoms with E-state index in [1.807, 2.05) is 24.3 Å². The van der Waals surface area contributed by atoms with Crippen LogP contribution in [0.4, 0.5) is 11.5 Å². The highest BCUT2D eigenvalue weighted by atomic mass is 35.5. The van der Waals surface area contributed by atoms with Crippen LogP contribution in [0.25, 0.3) is 0 Å². The molecule has 3 heterocycles. The lowest BCUT2D eigenvalue weighted by atomic mass is 9.93. The van der Waals surface area contributed by atoms with Gasteiger partial charge < -0.3 is 29.6 Å². The molecule has 4 rings (SSSR count). The smallest absolute Gasteiger partial charge is 0.383 e. The first-order chi connectivity index (χ1) is 18.3. The Morgan fingerprint density at radius 3 is 2.55 bits per heavy atom. The highest BCUT2D eigenvalue weighted by molar-refractivity contribution is 6.35. The van der Waals surface area contributed by atoms with E-state index in [0.717, 1.165) is 38.0 Å². The quantitative estimate of drug-likeness (QED) is 0.214. The van der Waals surface area contributed by atoms with E-state index in [4.69, 9.17) is 44.3 Å². The summed E-state index contributed by atoms with van der Waals surface area (Å²) in [5.41, 5.74) is 1.13. The molecule has 1 aromatic carbocycles. The molecule has 3 aromatic rings. The minimum atomic E-state index is -0.762. The molecule has 0 amide bonds. The first kappa shape index (κ1) is 28.2. The summed E-state index contributed by atoms with van der Waals surface area (Å²) in [6, 6.07) is 9.44. The van der Waals surface area contributed by atoms with Crippen LogP contribution in [0.1, 0.15) is 25.7 Å². The Balaban J connectivity index is 1.15. The van der Waals surface area contributed by atoms with Crippen LogP contribution in [0.5, 0.6) is 11.6 Å². The molecule has 2 aromatic heterocycles. The van der Waals surface area contributed by atoms with Crippen LogP contribution >= 0.6 is 34.8 Å². The number of anilines is 1. The van der Waals surface area contributed by atoms with E-state index in [1.165, 1.54) is 17.0 Å². The van der Waals surface area contributed by atoms with Crippen molar-refractivity contribution in [3.63, 3.8) is 0 Å². The summed E-state index contributed by atoms with van der Waals surface area (Å²) in [5.74, 6) is 1.32. The second-order valence-electron chi connectivity index (χ2n) is 9.07. The molecule has 1 aliphatic rings. The Morgan fingerprint density at radius 1 is 1.16 bits per heavy atom. The summed E-state index contributed by atoms with van der Waals surface area (Å²) < 4.78 is 12.9. The fraction of sp³-hybridized carbons (Fsp3) is 0.440. The van der Waals surface area contributed by atoms with Gasteiger partial charge in [-0.05, 0) is 83.4 Å². The molecule has 0 saturated carbocycles. The number of ether oxygens (including phenoxy) is 2. The molecule has 0 bridgehead atoms. The van der Waals surface area contributed by atoms with E-state index < -0.39 is 11.0 Å². The molecular formula is C25H28Cl3N5O5. The lowest BCUT2D eigenvalue weighted by Gasteiger charge is -2.33. The summed E-state index contributed by atoms with van der Waals surface area (Å²) in [4.78, 5) is 20.3. The van der Waals surface area contributed by atoms with E-state index in [0.29, 0.717) is 40.6 Å². The normalized spacial score (nSPS) is 14.9. The van der Waals surface area contributed by atoms with Crippen molar-refractivity contribution in [2.24, 2.45) is 5.92 Å². The SMILES string of the molecule is O=[N+]([O-])c1cn(CC[C@@H](O)COc2ccc(N3CCC(CCOc4ncc(Cl)cc4Cl)CC3)cc2)c(Cl)n1. The second kappa shape index (κ2) is 13.3. The molecule has 1 fully saturated rings. The first-order valence-corrected chi connectivity index (χ1v) is 13.4. The predicted octanol–water partition coefficient (Wildman–Crippen LogP) is 5.66. The second-order valence-corrected chi connectivity index (χ2v) is 10.3. The number of benzene rings is 1. The maximum absolute atomic E-state index is 10.8. The standard InChI is InChI=1S/C25H28Cl3N5O5/c26-18-13-22(27)24(29-14-18)37-12-8-17-5-9-31(10-6-17)19-1-3-21(4-2-19)38-16-20(34)7-11-32-15-23(33(35)36)30-25(32)28/h1-4,13-15,17,20,34H,5-12,16H2/t20-/m1/s1. The highest BCUT2D eigenvalue weighted by Crippen LogP contribution is 2.28. The van der Waals surface area contributed by atoms with Gasteiger partial charge in [0.2, 0.25) is 5.88 Å². The molecule has 1 aliphatic heterocycles. The Hall–Kier alpha value is -2.79. The van der Waals surface area contributed by atoms with E-state index in [1.54, 1.807) is 6.07 Å². The predicted molar refractivity (Wildman–Crippen MR) is 146 cm³/mol. The summed E-state index contributed by atoms with van der Waals surface area (Å²) in [5, 5.41) is 21.9. The van der Waals surface area contributed by atoms with Crippen molar-refractivity contribution in [3.05, 3.63) is 68.2 Å². The van der Waals surface area contributed by atoms with Gasteiger partial charge in [0.1, 0.15) is 23.6 Å². The molecule has 10 nitrogen and oxygen atoms in total. The molecule has 0 radical (unpaired) electrons. The van der Waals surface area contributed by atoms with Crippen molar-refractivity contribution in [2.45, 2.75) is 38.3 Å². The summed E-state index contributed by atoms with van der Waals surface area (Å²) in [7, 11) is 0. The van der Waals surface area contributed by atoms with Gasteiger partial charge in [0.05, 0.1) is 17.7 Å². The van der Waals surface area contributed by atoms with Gasteiger partial charge in [0.25, 0.3) is 0 Å². The average Bonchev–Trinajstić information content (AvgIpc) is 3.29. The van der Waals surface area contributed by atoms with Crippen LogP contribution < -0.4 is 14.4 Å². The Morgan fingerprint density at radius 2 is 1.89 bits per heavy atom. The van der Waals surface area contributed by atoms with Gasteiger partial charge in [-0.15, -0.1) is 0 Å². The van der Waals surface area contributed by atoms with Gasteiger partial charge in [0, 0.05) is 31.5 Å². The molecule has 0 aliphatic carbocycles. The zero-order valence-electron chi connectivity index (χ0n) is 20.5. The Kier molecular flexibility index (Phi) is 9.90. The third kappa shape index (κ3) is 7.86. The third-order valence-electron chi connectivity index (χ3n) is 6.40. The molecule has 0 spiro atoms. The summed E-state index contributed by atoms with van der Waals surface area (Å²) >= 11 is 17.9. The molecular weight excluding hydrogens is 557 g/mol. The molecule has 1 saturated heterocycles. The van der Waals surface area contributed by atoms with Crippen molar-refractivity contribution >= 4 is 46.3 Å². The van der Waals surface area contributed by atoms with E-state index in [2.05, 4.69) is 14.9 Å². The number of nitrogens with zero attached hydrogens (tertiary/aromatic N) is 5. The lowest BCUT2D eigenvalue weighted by Crippen LogP contribution is -2.34. The number of aryl methyl sites for hydroxylation is 1. The van der Waals surface area contributed by atoms with Crippen LogP contribution in [0.3, 0.4) is 0 Å². The van der Waals surface area contributed by atoms with Crippen molar-refractivity contribution in [1.29, 1.82) is 0 Å². The number of piperidine rings is 1. The number of aliphatic hydroxyl groups excluding tert-OH is 1. The van der Waals surface area contributed by atoms with Gasteiger partial charge in [-0.1, -0.05) is 23.2 Å². The zero-order chi connectivity index (χ0) is 27.1. The number of nitro groups is 1. The molecule has 38 heavy (non-hydrogen) atoms. The van der Waals surface area contributed by atoms with E-state index in [-0.39, 0.29) is 24.3 Å². The minimum Gasteiger partial charge on any atom is -0.491 e. The number of aromatic nitrogens is 3. The van der Waals surface area contributed by atoms with Crippen LogP contribution in [0, 0.1) is 16.0 Å². The number of rotatable bonds is 12. The Labute approximate surface area is 235 Å². The minimum absolute atomic E-state index is 0.0120. The number of halogens is 3. The fourth-order valence-electron chi connectivity index (χ4n) is 4.25. The van der Waals surface area contributed by atoms with Gasteiger partial charge >= 0.3 is 11.1 Å². The number of pyridine rings is 1. The summed E-state index contributed by atoms with van der Waals surface area (Å²) in [6.45, 7) is 2.86. The maximum atomic E-state index is 10.8. The summed E-state index contributed by atoms with van der Waals surface area (Å²) in [6.07, 6.45) is 5.40. The number of aliphatic hydroxyl groups is 1. The largest absolute Gasteiger partial charge is 0.491 e. The molecule has 1 N–H and O–H groups in total. The van der Waals surface area contributed by atoms with Gasteiger partial charge in [-0.2, -0.15) is 0 Å². The van der Waals surface area contributed by atoms with Crippen LogP contribution in [0.15, 0.2) is 42.7 Å². The van der Waals surface area contributed by atoms with Crippen molar-refractivity contribution in [1.82, 2.24) is 14.5 Å². The first-order valence-electron chi connectivity index (χ1n) is 12.2. The van der Waals surface area contributed by atoms with Gasteiger partial charge in [-0.25, -0.2) is 4.98 Å². The van der Waals surface area contributed by atoms with Crippen LogP contribution in [-0.2, 0) is 6.54 Å². The topological polar surface area (TPSA) is 116 Å². The molecule has 204 valence electrons. The van der Waals surface area contributed by atoms with Crippen molar-refractivity contribution < 1.29 is 19.5 Å². The van der Waals surface area contributed by atoms with Crippen LogP contribution in [0.2, 0.25) is 15.3 Å². The fourth-order valence-corrected chi connectivity index (χ4v) is 4.91. The number of hydrogen-bond donors (Lipinski definition) is 1. The van der Waals surface area contributed by atoms with Crippen LogP contribution in [-0.4, -0.2) is 57.0 Å². The number of hydrogen-bond acceptors (Lipinski definition) is 8. The molecule has 13 heteroatoms. The van der Waals surface area contributed by atoms with E-state index >= 15 is 0 Å². The Bertz CT molecular complexity index is 1220. The number of imidazole rings is 1. The van der Waals surface area contributed by atoms with Crippen molar-refractivity contribution in [2.75, 3.05) is 31.2 Å². The van der Waals surface area contributed by atoms with Gasteiger partial charge in [0.15, 0.2) is 0 Å². The third-order valence-corrected chi connectivity index (χ3v) is 7.18. The van der Waals surface area contributed by atoms with Crippen molar-refractivity contribution in [3.8, 4) is 11.6 Å². The average molecular weight is 585 g/mol. The molecule has 0 unspecified atom stereocenters. The maximum Gasteiger partial charge on any atom is 0.383 e. The van der Waals surface area contributed by atoms with E-state index in [9.17, 15) is 15.2 Å². The highest BCUT2D eigenvalue weighted by Gasteiger charge is 2.20. The monoisotopic (exact) mass is 583 g/mol.